The smallest absolute Gasteiger partial charge is 0.223 e. The fraction of sp³-hybridized carbons (Fsp3) is 0.545. The van der Waals surface area contributed by atoms with Gasteiger partial charge in [0.25, 0.3) is 0 Å². The number of ether oxygens (including phenoxy) is 1. The lowest BCUT2D eigenvalue weighted by Gasteiger charge is -2.41. The van der Waals surface area contributed by atoms with Crippen LogP contribution in [0.1, 0.15) is 29.9 Å². The number of anilines is 4. The standard InChI is InChI=1S/C22H32N8O/c1-31-18-12-15(29-8-4-14(5-9-29)30-10-6-25-7-11-30)2-3-16(18)17-13-26-21-19(17)20(23)27-22(24)28-21/h2-3,12,14,17,25H,4-11,13H2,1H3,(H5,23,24,26,27,28). The van der Waals surface area contributed by atoms with Crippen LogP contribution in [0.15, 0.2) is 18.2 Å². The number of methoxy groups -OCH3 is 1. The van der Waals surface area contributed by atoms with Gasteiger partial charge in [-0.1, -0.05) is 6.07 Å². The van der Waals surface area contributed by atoms with E-state index >= 15 is 0 Å². The summed E-state index contributed by atoms with van der Waals surface area (Å²) >= 11 is 0. The zero-order valence-corrected chi connectivity index (χ0v) is 18.1. The van der Waals surface area contributed by atoms with Crippen molar-refractivity contribution in [3.05, 3.63) is 29.3 Å². The first-order chi connectivity index (χ1) is 15.1. The second-order valence-corrected chi connectivity index (χ2v) is 8.59. The van der Waals surface area contributed by atoms with Crippen LogP contribution in [-0.4, -0.2) is 73.8 Å². The van der Waals surface area contributed by atoms with E-state index in [1.165, 1.54) is 31.6 Å². The van der Waals surface area contributed by atoms with Gasteiger partial charge < -0.3 is 31.7 Å². The Hall–Kier alpha value is -2.78. The lowest BCUT2D eigenvalue weighted by molar-refractivity contribution is 0.150. The number of rotatable bonds is 4. The van der Waals surface area contributed by atoms with Gasteiger partial charge in [-0.15, -0.1) is 0 Å². The molecule has 0 aliphatic carbocycles. The van der Waals surface area contributed by atoms with Crippen molar-refractivity contribution < 1.29 is 4.74 Å². The maximum Gasteiger partial charge on any atom is 0.223 e. The predicted molar refractivity (Wildman–Crippen MR) is 124 cm³/mol. The number of nitrogens with zero attached hydrogens (tertiary/aromatic N) is 4. The Morgan fingerprint density at radius 2 is 1.84 bits per heavy atom. The van der Waals surface area contributed by atoms with Crippen molar-refractivity contribution in [1.29, 1.82) is 0 Å². The molecule has 2 saturated heterocycles. The molecule has 2 fully saturated rings. The highest BCUT2D eigenvalue weighted by atomic mass is 16.5. The van der Waals surface area contributed by atoms with Crippen molar-refractivity contribution in [1.82, 2.24) is 20.2 Å². The number of nitrogens with two attached hydrogens (primary N) is 2. The van der Waals surface area contributed by atoms with Gasteiger partial charge in [0.15, 0.2) is 0 Å². The normalized spacial score (nSPS) is 22.2. The third-order valence-corrected chi connectivity index (χ3v) is 6.90. The molecule has 0 radical (unpaired) electrons. The monoisotopic (exact) mass is 424 g/mol. The number of nitrogens with one attached hydrogen (secondary N) is 2. The van der Waals surface area contributed by atoms with Crippen LogP contribution in [0, 0.1) is 0 Å². The van der Waals surface area contributed by atoms with Gasteiger partial charge in [0, 0.05) is 80.7 Å². The summed E-state index contributed by atoms with van der Waals surface area (Å²) in [6.45, 7) is 7.41. The zero-order valence-electron chi connectivity index (χ0n) is 18.1. The summed E-state index contributed by atoms with van der Waals surface area (Å²) in [6.07, 6.45) is 2.42. The molecule has 2 aromatic rings. The summed E-state index contributed by atoms with van der Waals surface area (Å²) in [5.41, 5.74) is 15.1. The molecule has 166 valence electrons. The van der Waals surface area contributed by atoms with E-state index in [1.54, 1.807) is 7.11 Å². The van der Waals surface area contributed by atoms with Crippen LogP contribution in [0.4, 0.5) is 23.3 Å². The summed E-state index contributed by atoms with van der Waals surface area (Å²) in [4.78, 5) is 13.6. The summed E-state index contributed by atoms with van der Waals surface area (Å²) in [5.74, 6) is 2.25. The van der Waals surface area contributed by atoms with Gasteiger partial charge in [-0.3, -0.25) is 4.90 Å². The molecule has 0 saturated carbocycles. The SMILES string of the molecule is COc1cc(N2CCC(N3CCNCC3)CC2)ccc1C1CNc2nc(N)nc(N)c21. The molecule has 9 nitrogen and oxygen atoms in total. The first-order valence-corrected chi connectivity index (χ1v) is 11.2. The van der Waals surface area contributed by atoms with Crippen molar-refractivity contribution in [3.8, 4) is 5.75 Å². The van der Waals surface area contributed by atoms with Crippen molar-refractivity contribution in [2.24, 2.45) is 0 Å². The van der Waals surface area contributed by atoms with Gasteiger partial charge in [-0.2, -0.15) is 9.97 Å². The molecule has 1 aromatic heterocycles. The molecule has 1 atom stereocenters. The maximum atomic E-state index is 6.19. The minimum atomic E-state index is 0.0399. The number of piperazine rings is 1. The number of benzene rings is 1. The van der Waals surface area contributed by atoms with E-state index in [4.69, 9.17) is 16.2 Å². The summed E-state index contributed by atoms with van der Waals surface area (Å²) < 4.78 is 5.81. The van der Waals surface area contributed by atoms with Crippen LogP contribution in [0.5, 0.6) is 5.75 Å². The van der Waals surface area contributed by atoms with E-state index in [1.807, 2.05) is 0 Å². The molecule has 5 rings (SSSR count). The number of fused-ring (bicyclic) bond motifs is 1. The van der Waals surface area contributed by atoms with Crippen LogP contribution in [0.3, 0.4) is 0 Å². The average Bonchev–Trinajstić information content (AvgIpc) is 3.23. The van der Waals surface area contributed by atoms with Gasteiger partial charge in [0.05, 0.1) is 7.11 Å². The highest BCUT2D eigenvalue weighted by Crippen LogP contribution is 2.42. The van der Waals surface area contributed by atoms with Crippen LogP contribution in [-0.2, 0) is 0 Å². The third kappa shape index (κ3) is 3.83. The summed E-state index contributed by atoms with van der Waals surface area (Å²) in [6, 6.07) is 7.23. The molecule has 0 amide bonds. The average molecular weight is 425 g/mol. The van der Waals surface area contributed by atoms with Crippen molar-refractivity contribution >= 4 is 23.3 Å². The van der Waals surface area contributed by atoms with E-state index in [2.05, 4.69) is 48.6 Å². The van der Waals surface area contributed by atoms with Gasteiger partial charge in [-0.25, -0.2) is 0 Å². The van der Waals surface area contributed by atoms with Gasteiger partial charge >= 0.3 is 0 Å². The fourth-order valence-electron chi connectivity index (χ4n) is 5.27. The Bertz CT molecular complexity index is 937. The molecule has 3 aliphatic rings. The Balaban J connectivity index is 1.33. The molecule has 9 heteroatoms. The van der Waals surface area contributed by atoms with Gasteiger partial charge in [0.1, 0.15) is 17.4 Å². The Morgan fingerprint density at radius 1 is 1.06 bits per heavy atom. The Morgan fingerprint density at radius 3 is 2.58 bits per heavy atom. The summed E-state index contributed by atoms with van der Waals surface area (Å²) in [7, 11) is 1.73. The number of hydrogen-bond donors (Lipinski definition) is 4. The first-order valence-electron chi connectivity index (χ1n) is 11.2. The second-order valence-electron chi connectivity index (χ2n) is 8.59. The highest BCUT2D eigenvalue weighted by molar-refractivity contribution is 5.68. The molecular formula is C22H32N8O. The van der Waals surface area contributed by atoms with Crippen molar-refractivity contribution in [2.45, 2.75) is 24.8 Å². The second kappa shape index (κ2) is 8.39. The zero-order chi connectivity index (χ0) is 21.4. The maximum absolute atomic E-state index is 6.19. The van der Waals surface area contributed by atoms with E-state index < -0.39 is 0 Å². The number of hydrogen-bond acceptors (Lipinski definition) is 9. The molecule has 1 aromatic carbocycles. The number of piperidine rings is 1. The van der Waals surface area contributed by atoms with Crippen LogP contribution >= 0.6 is 0 Å². The topological polar surface area (TPSA) is 118 Å². The lowest BCUT2D eigenvalue weighted by Crippen LogP contribution is -2.52. The quantitative estimate of drug-likeness (QED) is 0.572. The van der Waals surface area contributed by atoms with Crippen molar-refractivity contribution in [2.75, 3.05) is 74.6 Å². The Kier molecular flexibility index (Phi) is 5.45. The molecule has 0 bridgehead atoms. The molecule has 3 aliphatic heterocycles. The Labute approximate surface area is 183 Å². The summed E-state index contributed by atoms with van der Waals surface area (Å²) in [5, 5.41) is 6.76. The molecular weight excluding hydrogens is 392 g/mol. The third-order valence-electron chi connectivity index (χ3n) is 6.90. The number of nitrogen functional groups attached to an aromatic ring is 2. The largest absolute Gasteiger partial charge is 0.496 e. The van der Waals surface area contributed by atoms with Gasteiger partial charge in [0.2, 0.25) is 5.95 Å². The van der Waals surface area contributed by atoms with E-state index in [-0.39, 0.29) is 11.9 Å². The van der Waals surface area contributed by atoms with Crippen LogP contribution in [0.25, 0.3) is 0 Å². The number of aromatic nitrogens is 2. The minimum Gasteiger partial charge on any atom is -0.496 e. The molecule has 6 N–H and O–H groups in total. The molecule has 4 heterocycles. The first kappa shape index (κ1) is 20.1. The fourth-order valence-corrected chi connectivity index (χ4v) is 5.27. The van der Waals surface area contributed by atoms with E-state index in [0.29, 0.717) is 18.4 Å². The molecule has 0 spiro atoms. The van der Waals surface area contributed by atoms with Crippen LogP contribution in [0.2, 0.25) is 0 Å². The van der Waals surface area contributed by atoms with Crippen molar-refractivity contribution in [3.63, 3.8) is 0 Å². The lowest BCUT2D eigenvalue weighted by atomic mass is 9.92. The molecule has 31 heavy (non-hydrogen) atoms. The highest BCUT2D eigenvalue weighted by Gasteiger charge is 2.31. The van der Waals surface area contributed by atoms with E-state index in [0.717, 1.165) is 48.9 Å². The molecule has 1 unspecified atom stereocenters. The predicted octanol–water partition coefficient (Wildman–Crippen LogP) is 1.08. The minimum absolute atomic E-state index is 0.0399. The van der Waals surface area contributed by atoms with Crippen LogP contribution < -0.4 is 31.7 Å². The van der Waals surface area contributed by atoms with E-state index in [9.17, 15) is 0 Å². The van der Waals surface area contributed by atoms with Gasteiger partial charge in [-0.05, 0) is 18.9 Å².